The van der Waals surface area contributed by atoms with Crippen molar-refractivity contribution < 1.29 is 37.0 Å². The van der Waals surface area contributed by atoms with Crippen LogP contribution in [0.25, 0.3) is 0 Å². The number of para-hydroxylation sites is 2. The Bertz CT molecular complexity index is 1410. The molecule has 37 heavy (non-hydrogen) atoms. The van der Waals surface area contributed by atoms with Crippen molar-refractivity contribution in [2.24, 2.45) is 0 Å². The van der Waals surface area contributed by atoms with Crippen LogP contribution in [0.3, 0.4) is 0 Å². The lowest BCUT2D eigenvalue weighted by atomic mass is 9.78. The van der Waals surface area contributed by atoms with E-state index in [1.807, 2.05) is 26.0 Å². The van der Waals surface area contributed by atoms with Gasteiger partial charge in [-0.15, -0.1) is 0 Å². The molecule has 4 aromatic rings. The van der Waals surface area contributed by atoms with Gasteiger partial charge in [-0.25, -0.2) is 9.13 Å². The minimum Gasteiger partial charge on any atom is -0.508 e. The largest absolute Gasteiger partial charge is 0.597 e. The Morgan fingerprint density at radius 1 is 0.595 bits per heavy atom. The molecule has 4 rings (SSSR count). The fraction of sp³-hybridized carbons (Fsp3) is 0.111. The highest BCUT2D eigenvalue weighted by atomic mass is 31.3. The Balaban J connectivity index is 1.58. The van der Waals surface area contributed by atoms with Gasteiger partial charge in [-0.05, 0) is 59.7 Å². The second-order valence-electron chi connectivity index (χ2n) is 8.59. The predicted octanol–water partition coefficient (Wildman–Crippen LogP) is 7.48. The van der Waals surface area contributed by atoms with Crippen LogP contribution in [0.2, 0.25) is 0 Å². The highest BCUT2D eigenvalue weighted by Crippen LogP contribution is 2.62. The zero-order valence-electron chi connectivity index (χ0n) is 20.1. The molecule has 0 bridgehead atoms. The summed E-state index contributed by atoms with van der Waals surface area (Å²) in [7, 11) is -9.63. The normalized spacial score (nSPS) is 14.7. The molecule has 0 heterocycles. The number of rotatable bonds is 10. The van der Waals surface area contributed by atoms with E-state index >= 15 is 0 Å². The van der Waals surface area contributed by atoms with E-state index in [2.05, 4.69) is 0 Å². The monoisotopic (exact) mass is 540 g/mol. The third kappa shape index (κ3) is 7.03. The summed E-state index contributed by atoms with van der Waals surface area (Å²) < 4.78 is 47.3. The van der Waals surface area contributed by atoms with Gasteiger partial charge in [0.1, 0.15) is 23.0 Å². The van der Waals surface area contributed by atoms with Crippen molar-refractivity contribution in [3.63, 3.8) is 0 Å². The summed E-state index contributed by atoms with van der Waals surface area (Å²) >= 11 is 0. The van der Waals surface area contributed by atoms with E-state index < -0.39 is 21.1 Å². The van der Waals surface area contributed by atoms with E-state index in [0.29, 0.717) is 0 Å². The second kappa shape index (κ2) is 10.8. The average Bonchev–Trinajstić information content (AvgIpc) is 2.85. The zero-order valence-corrected chi connectivity index (χ0v) is 21.9. The lowest BCUT2D eigenvalue weighted by Gasteiger charge is -2.26. The van der Waals surface area contributed by atoms with Crippen molar-refractivity contribution in [3.8, 4) is 23.0 Å². The first-order valence-electron chi connectivity index (χ1n) is 11.3. The molecule has 0 aromatic heterocycles. The van der Waals surface area contributed by atoms with Crippen LogP contribution in [0.4, 0.5) is 0 Å². The third-order valence-electron chi connectivity index (χ3n) is 5.51. The van der Waals surface area contributed by atoms with Crippen molar-refractivity contribution >= 4 is 15.6 Å². The van der Waals surface area contributed by atoms with E-state index in [1.54, 1.807) is 72.8 Å². The Hall–Kier alpha value is -3.54. The molecule has 8 nitrogen and oxygen atoms in total. The number of phenols is 1. The number of phosphoric acid groups is 2. The van der Waals surface area contributed by atoms with Crippen LogP contribution in [0, 0.1) is 0 Å². The van der Waals surface area contributed by atoms with E-state index in [1.165, 1.54) is 24.3 Å². The molecular weight excluding hydrogens is 514 g/mol. The number of phosphoric ester groups is 2. The standard InChI is InChI=1S/C27H26O8P2/c1-27(2,21-13-17-23(28)18-14-21)22-15-19-26(20-16-22)34-37(31,33-25-11-7-4-8-12-25)35-36(29,30)32-24-9-5-3-6-10-24/h3-20,28H,1-2H3,(H,29,30). The van der Waals surface area contributed by atoms with Gasteiger partial charge in [0.15, 0.2) is 0 Å². The first-order chi connectivity index (χ1) is 17.5. The summed E-state index contributed by atoms with van der Waals surface area (Å²) in [6, 6.07) is 29.4. The fourth-order valence-corrected chi connectivity index (χ4v) is 6.12. The van der Waals surface area contributed by atoms with Gasteiger partial charge >= 0.3 is 15.6 Å². The van der Waals surface area contributed by atoms with E-state index in [9.17, 15) is 19.1 Å². The van der Waals surface area contributed by atoms with Gasteiger partial charge < -0.3 is 18.7 Å². The number of phenolic OH excluding ortho intramolecular Hbond substituents is 1. The molecular formula is C27H26O8P2. The van der Waals surface area contributed by atoms with E-state index in [-0.39, 0.29) is 23.0 Å². The fourth-order valence-electron chi connectivity index (χ4n) is 3.53. The topological polar surface area (TPSA) is 112 Å². The van der Waals surface area contributed by atoms with Crippen LogP contribution in [0.5, 0.6) is 23.0 Å². The molecule has 2 N–H and O–H groups in total. The Labute approximate surface area is 215 Å². The minimum atomic E-state index is -4.92. The molecule has 0 aliphatic heterocycles. The summed E-state index contributed by atoms with van der Waals surface area (Å²) in [6.07, 6.45) is 0. The maximum Gasteiger partial charge on any atom is 0.597 e. The van der Waals surface area contributed by atoms with Gasteiger partial charge in [-0.3, -0.25) is 4.89 Å². The summed E-state index contributed by atoms with van der Waals surface area (Å²) in [5.41, 5.74) is 1.46. The van der Waals surface area contributed by atoms with Gasteiger partial charge in [0.2, 0.25) is 0 Å². The van der Waals surface area contributed by atoms with Crippen molar-refractivity contribution in [2.75, 3.05) is 0 Å². The Kier molecular flexibility index (Phi) is 7.76. The molecule has 4 aromatic carbocycles. The van der Waals surface area contributed by atoms with E-state index in [0.717, 1.165) is 11.1 Å². The van der Waals surface area contributed by atoms with Crippen LogP contribution in [0.1, 0.15) is 25.0 Å². The molecule has 0 amide bonds. The summed E-state index contributed by atoms with van der Waals surface area (Å²) in [4.78, 5) is 10.3. The predicted molar refractivity (Wildman–Crippen MR) is 140 cm³/mol. The van der Waals surface area contributed by atoms with Crippen LogP contribution >= 0.6 is 15.6 Å². The van der Waals surface area contributed by atoms with Crippen LogP contribution < -0.4 is 13.6 Å². The molecule has 0 aliphatic carbocycles. The van der Waals surface area contributed by atoms with Gasteiger partial charge in [0.25, 0.3) is 0 Å². The number of benzene rings is 4. The smallest absolute Gasteiger partial charge is 0.508 e. The van der Waals surface area contributed by atoms with Gasteiger partial charge in [-0.2, -0.15) is 4.31 Å². The highest BCUT2D eigenvalue weighted by Gasteiger charge is 2.42. The molecule has 2 unspecified atom stereocenters. The Morgan fingerprint density at radius 2 is 1.00 bits per heavy atom. The van der Waals surface area contributed by atoms with Gasteiger partial charge in [-0.1, -0.05) is 74.5 Å². The summed E-state index contributed by atoms with van der Waals surface area (Å²) in [6.45, 7) is 4.04. The molecule has 10 heteroatoms. The van der Waals surface area contributed by atoms with Crippen molar-refractivity contribution in [2.45, 2.75) is 19.3 Å². The molecule has 0 fully saturated rings. The maximum absolute atomic E-state index is 13.6. The molecule has 0 aliphatic rings. The van der Waals surface area contributed by atoms with Crippen LogP contribution in [0.15, 0.2) is 109 Å². The number of aromatic hydroxyl groups is 1. The second-order valence-corrected chi connectivity index (χ2v) is 11.6. The van der Waals surface area contributed by atoms with Gasteiger partial charge in [0.05, 0.1) is 0 Å². The quantitative estimate of drug-likeness (QED) is 0.199. The number of hydrogen-bond donors (Lipinski definition) is 2. The van der Waals surface area contributed by atoms with E-state index in [4.69, 9.17) is 17.9 Å². The molecule has 0 saturated carbocycles. The average molecular weight is 540 g/mol. The Morgan fingerprint density at radius 3 is 1.49 bits per heavy atom. The molecule has 192 valence electrons. The highest BCUT2D eigenvalue weighted by molar-refractivity contribution is 7.62. The van der Waals surface area contributed by atoms with Crippen molar-refractivity contribution in [1.29, 1.82) is 0 Å². The first kappa shape index (κ1) is 26.5. The van der Waals surface area contributed by atoms with Crippen molar-refractivity contribution in [1.82, 2.24) is 0 Å². The number of hydrogen-bond acceptors (Lipinski definition) is 7. The third-order valence-corrected chi connectivity index (χ3v) is 8.45. The van der Waals surface area contributed by atoms with Gasteiger partial charge in [0, 0.05) is 5.41 Å². The lowest BCUT2D eigenvalue weighted by Crippen LogP contribution is -2.18. The van der Waals surface area contributed by atoms with Crippen LogP contribution in [-0.4, -0.2) is 10.00 Å². The first-order valence-corrected chi connectivity index (χ1v) is 14.2. The SMILES string of the molecule is CC(C)(c1ccc(O)cc1)c1ccc(OP(=O)(Oc2ccccc2)OP(=O)(O)Oc2ccccc2)cc1. The van der Waals surface area contributed by atoms with Crippen LogP contribution in [-0.2, 0) is 18.9 Å². The molecule has 0 radical (unpaired) electrons. The maximum atomic E-state index is 13.6. The zero-order chi connectivity index (χ0) is 26.5. The lowest BCUT2D eigenvalue weighted by molar-refractivity contribution is 0.238. The summed E-state index contributed by atoms with van der Waals surface area (Å²) in [5.74, 6) is 0.412. The molecule has 0 spiro atoms. The minimum absolute atomic E-state index is 0.0420. The summed E-state index contributed by atoms with van der Waals surface area (Å²) in [5, 5.41) is 9.59. The van der Waals surface area contributed by atoms with Crippen molar-refractivity contribution in [3.05, 3.63) is 120 Å². The molecule has 2 atom stereocenters. The molecule has 0 saturated heterocycles.